The average Bonchev–Trinajstić information content (AvgIpc) is 3.30. The van der Waals surface area contributed by atoms with Crippen LogP contribution in [0.5, 0.6) is 0 Å². The first-order chi connectivity index (χ1) is 18.1. The van der Waals surface area contributed by atoms with Gasteiger partial charge in [-0.3, -0.25) is 9.69 Å². The molecule has 1 aliphatic rings. The lowest BCUT2D eigenvalue weighted by atomic mass is 10.0. The van der Waals surface area contributed by atoms with Crippen molar-refractivity contribution < 1.29 is 18.7 Å². The van der Waals surface area contributed by atoms with Crippen LogP contribution < -0.4 is 4.90 Å². The lowest BCUT2D eigenvalue weighted by Crippen LogP contribution is -2.37. The fourth-order valence-corrected chi connectivity index (χ4v) is 4.81. The van der Waals surface area contributed by atoms with E-state index in [4.69, 9.17) is 9.15 Å². The van der Waals surface area contributed by atoms with Crippen molar-refractivity contribution in [3.05, 3.63) is 114 Å². The van der Waals surface area contributed by atoms with Crippen molar-refractivity contribution in [3.8, 4) is 11.5 Å². The molecule has 0 spiro atoms. The van der Waals surface area contributed by atoms with Crippen LogP contribution in [0.25, 0.3) is 22.6 Å². The number of para-hydroxylation sites is 4. The van der Waals surface area contributed by atoms with Crippen LogP contribution >= 0.6 is 0 Å². The van der Waals surface area contributed by atoms with Gasteiger partial charge in [0.25, 0.3) is 5.91 Å². The molecule has 182 valence electrons. The van der Waals surface area contributed by atoms with Crippen LogP contribution in [0.4, 0.5) is 11.4 Å². The fourth-order valence-electron chi connectivity index (χ4n) is 4.81. The van der Waals surface area contributed by atoms with Crippen molar-refractivity contribution in [3.63, 3.8) is 0 Å². The summed E-state index contributed by atoms with van der Waals surface area (Å²) in [7, 11) is 0. The average molecular weight is 489 g/mol. The molecule has 1 amide bonds. The van der Waals surface area contributed by atoms with Gasteiger partial charge in [-0.25, -0.2) is 9.78 Å². The van der Waals surface area contributed by atoms with Crippen molar-refractivity contribution in [1.29, 1.82) is 0 Å². The van der Waals surface area contributed by atoms with E-state index in [1.54, 1.807) is 36.1 Å². The van der Waals surface area contributed by atoms with E-state index >= 15 is 0 Å². The first-order valence-corrected chi connectivity index (χ1v) is 12.3. The largest absolute Gasteiger partial charge is 0.449 e. The van der Waals surface area contributed by atoms with Gasteiger partial charge < -0.3 is 9.15 Å². The number of anilines is 2. The molecule has 2 heterocycles. The number of esters is 1. The highest BCUT2D eigenvalue weighted by Crippen LogP contribution is 2.37. The Labute approximate surface area is 214 Å². The quantitative estimate of drug-likeness (QED) is 0.270. The van der Waals surface area contributed by atoms with Gasteiger partial charge in [0.2, 0.25) is 5.89 Å². The molecule has 1 unspecified atom stereocenters. The highest BCUT2D eigenvalue weighted by atomic mass is 16.5. The summed E-state index contributed by atoms with van der Waals surface area (Å²) in [6.07, 6.45) is 0.620. The Kier molecular flexibility index (Phi) is 5.77. The molecular formula is C31H24N2O4. The maximum atomic E-state index is 13.8. The van der Waals surface area contributed by atoms with Crippen molar-refractivity contribution >= 4 is 34.4 Å². The predicted octanol–water partition coefficient (Wildman–Crippen LogP) is 6.50. The Bertz CT molecular complexity index is 1560. The molecule has 1 aliphatic heterocycles. The SMILES string of the molecule is CC(OC(=O)c1ccccc1-c1nc2ccccc2o1)C(=O)N1c2ccccc2CCc2ccccc21. The highest BCUT2D eigenvalue weighted by Gasteiger charge is 2.31. The maximum absolute atomic E-state index is 13.8. The predicted molar refractivity (Wildman–Crippen MR) is 142 cm³/mol. The summed E-state index contributed by atoms with van der Waals surface area (Å²) in [5, 5.41) is 0. The molecule has 5 aromatic rings. The van der Waals surface area contributed by atoms with Crippen molar-refractivity contribution in [2.75, 3.05) is 4.90 Å². The van der Waals surface area contributed by atoms with Gasteiger partial charge in [0, 0.05) is 0 Å². The molecule has 4 aromatic carbocycles. The third-order valence-electron chi connectivity index (χ3n) is 6.65. The number of hydrogen-bond acceptors (Lipinski definition) is 5. The second-order valence-corrected chi connectivity index (χ2v) is 9.01. The zero-order valence-electron chi connectivity index (χ0n) is 20.3. The molecule has 6 nitrogen and oxygen atoms in total. The molecule has 0 saturated carbocycles. The molecular weight excluding hydrogens is 464 g/mol. The van der Waals surface area contributed by atoms with Gasteiger partial charge in [0.1, 0.15) is 5.52 Å². The molecule has 6 heteroatoms. The topological polar surface area (TPSA) is 72.6 Å². The zero-order valence-corrected chi connectivity index (χ0v) is 20.3. The van der Waals surface area contributed by atoms with Crippen LogP contribution in [0, 0.1) is 0 Å². The Balaban J connectivity index is 1.31. The molecule has 1 atom stereocenters. The third-order valence-corrected chi connectivity index (χ3v) is 6.65. The maximum Gasteiger partial charge on any atom is 0.339 e. The molecule has 0 radical (unpaired) electrons. The molecule has 1 aromatic heterocycles. The van der Waals surface area contributed by atoms with Gasteiger partial charge in [-0.15, -0.1) is 0 Å². The number of nitrogens with zero attached hydrogens (tertiary/aromatic N) is 2. The van der Waals surface area contributed by atoms with E-state index in [1.165, 1.54) is 0 Å². The van der Waals surface area contributed by atoms with E-state index in [2.05, 4.69) is 4.98 Å². The molecule has 0 fully saturated rings. The van der Waals surface area contributed by atoms with Gasteiger partial charge in [-0.05, 0) is 67.3 Å². The summed E-state index contributed by atoms with van der Waals surface area (Å²) in [6, 6.07) is 30.1. The minimum atomic E-state index is -1.02. The summed E-state index contributed by atoms with van der Waals surface area (Å²) >= 11 is 0. The Morgan fingerprint density at radius 3 is 2.11 bits per heavy atom. The number of carbonyl (C=O) groups excluding carboxylic acids is 2. The van der Waals surface area contributed by atoms with E-state index in [9.17, 15) is 9.59 Å². The smallest absolute Gasteiger partial charge is 0.339 e. The minimum Gasteiger partial charge on any atom is -0.449 e. The summed E-state index contributed by atoms with van der Waals surface area (Å²) < 4.78 is 11.6. The Morgan fingerprint density at radius 1 is 0.811 bits per heavy atom. The van der Waals surface area contributed by atoms with Gasteiger partial charge in [-0.1, -0.05) is 60.7 Å². The van der Waals surface area contributed by atoms with E-state index in [-0.39, 0.29) is 11.5 Å². The number of amides is 1. The lowest BCUT2D eigenvalue weighted by molar-refractivity contribution is -0.125. The van der Waals surface area contributed by atoms with Crippen LogP contribution in [0.15, 0.2) is 101 Å². The van der Waals surface area contributed by atoms with Crippen molar-refractivity contribution in [1.82, 2.24) is 4.98 Å². The van der Waals surface area contributed by atoms with Crippen LogP contribution in [0.2, 0.25) is 0 Å². The number of hydrogen-bond donors (Lipinski definition) is 0. The minimum absolute atomic E-state index is 0.283. The standard InChI is InChI=1S/C31H24N2O4/c1-20(30(34)33-26-15-7-2-10-21(26)18-19-22-11-3-8-16-27(22)33)36-31(35)24-13-5-4-12-23(24)29-32-25-14-6-9-17-28(25)37-29/h2-17,20H,18-19H2,1H3. The summed E-state index contributed by atoms with van der Waals surface area (Å²) in [5.41, 5.74) is 5.89. The van der Waals surface area contributed by atoms with Gasteiger partial charge >= 0.3 is 5.97 Å². The first-order valence-electron chi connectivity index (χ1n) is 12.3. The zero-order chi connectivity index (χ0) is 25.4. The second kappa shape index (κ2) is 9.39. The fraction of sp³-hybridized carbons (Fsp3) is 0.129. The van der Waals surface area contributed by atoms with Gasteiger partial charge in [-0.2, -0.15) is 0 Å². The number of aryl methyl sites for hydroxylation is 2. The summed E-state index contributed by atoms with van der Waals surface area (Å²) in [6.45, 7) is 1.61. The number of rotatable bonds is 4. The van der Waals surface area contributed by atoms with Gasteiger partial charge in [0.05, 0.1) is 22.5 Å². The molecule has 0 aliphatic carbocycles. The van der Waals surface area contributed by atoms with Crippen LogP contribution in [0.3, 0.4) is 0 Å². The van der Waals surface area contributed by atoms with Crippen LogP contribution in [-0.2, 0) is 22.4 Å². The van der Waals surface area contributed by atoms with Crippen molar-refractivity contribution in [2.24, 2.45) is 0 Å². The molecule has 6 rings (SSSR count). The number of aromatic nitrogens is 1. The molecule has 37 heavy (non-hydrogen) atoms. The Hall–Kier alpha value is -4.71. The molecule has 0 N–H and O–H groups in total. The number of benzene rings is 4. The second-order valence-electron chi connectivity index (χ2n) is 9.01. The molecule has 0 saturated heterocycles. The van der Waals surface area contributed by atoms with E-state index in [1.807, 2.05) is 72.8 Å². The number of fused-ring (bicyclic) bond motifs is 3. The Morgan fingerprint density at radius 2 is 1.41 bits per heavy atom. The van der Waals surface area contributed by atoms with E-state index in [0.717, 1.165) is 35.3 Å². The monoisotopic (exact) mass is 488 g/mol. The van der Waals surface area contributed by atoms with Crippen LogP contribution in [0.1, 0.15) is 28.4 Å². The van der Waals surface area contributed by atoms with Gasteiger partial charge in [0.15, 0.2) is 11.7 Å². The highest BCUT2D eigenvalue weighted by molar-refractivity contribution is 6.06. The first kappa shape index (κ1) is 22.7. The van der Waals surface area contributed by atoms with E-state index < -0.39 is 12.1 Å². The normalized spacial score (nSPS) is 13.4. The number of ether oxygens (including phenoxy) is 1. The summed E-state index contributed by atoms with van der Waals surface area (Å²) in [5.74, 6) is -0.604. The molecule has 0 bridgehead atoms. The number of carbonyl (C=O) groups is 2. The van der Waals surface area contributed by atoms with Crippen molar-refractivity contribution in [2.45, 2.75) is 25.9 Å². The number of oxazole rings is 1. The lowest BCUT2D eigenvalue weighted by Gasteiger charge is -2.27. The van der Waals surface area contributed by atoms with E-state index in [0.29, 0.717) is 22.6 Å². The van der Waals surface area contributed by atoms with Crippen LogP contribution in [-0.4, -0.2) is 23.0 Å². The summed E-state index contributed by atoms with van der Waals surface area (Å²) in [4.78, 5) is 33.4. The third kappa shape index (κ3) is 4.16.